The first kappa shape index (κ1) is 13.5. The fourth-order valence-electron chi connectivity index (χ4n) is 1.84. The van der Waals surface area contributed by atoms with E-state index in [0.717, 1.165) is 24.4 Å². The van der Waals surface area contributed by atoms with Crippen molar-refractivity contribution < 1.29 is 4.74 Å². The smallest absolute Gasteiger partial charge is 0.132 e. The van der Waals surface area contributed by atoms with Gasteiger partial charge in [-0.1, -0.05) is 13.8 Å². The number of imidazole rings is 1. The van der Waals surface area contributed by atoms with Crippen LogP contribution in [0.3, 0.4) is 0 Å². The lowest BCUT2D eigenvalue weighted by Crippen LogP contribution is -2.10. The molecule has 0 saturated carbocycles. The van der Waals surface area contributed by atoms with Gasteiger partial charge in [-0.05, 0) is 18.1 Å². The quantitative estimate of drug-likeness (QED) is 0.809. The van der Waals surface area contributed by atoms with Crippen LogP contribution in [0.2, 0.25) is 0 Å². The highest BCUT2D eigenvalue weighted by Gasteiger charge is 2.08. The first-order chi connectivity index (χ1) is 9.18. The molecule has 2 heterocycles. The molecule has 0 unspecified atom stereocenters. The summed E-state index contributed by atoms with van der Waals surface area (Å²) >= 11 is 0. The second kappa shape index (κ2) is 6.33. The van der Waals surface area contributed by atoms with Crippen LogP contribution in [0.1, 0.15) is 13.8 Å². The van der Waals surface area contributed by atoms with Crippen LogP contribution >= 0.6 is 0 Å². The molecule has 0 aliphatic rings. The summed E-state index contributed by atoms with van der Waals surface area (Å²) in [6.45, 7) is 6.48. The van der Waals surface area contributed by atoms with E-state index < -0.39 is 0 Å². The Kier molecular flexibility index (Phi) is 4.52. The predicted octanol–water partition coefficient (Wildman–Crippen LogP) is 2.20. The van der Waals surface area contributed by atoms with Crippen molar-refractivity contribution in [1.29, 1.82) is 0 Å². The van der Waals surface area contributed by atoms with E-state index in [2.05, 4.69) is 23.8 Å². The van der Waals surface area contributed by atoms with Crippen molar-refractivity contribution in [3.63, 3.8) is 0 Å². The highest BCUT2D eigenvalue weighted by atomic mass is 16.5. The van der Waals surface area contributed by atoms with Gasteiger partial charge in [0.15, 0.2) is 0 Å². The molecular weight excluding hydrogens is 240 g/mol. The second-order valence-corrected chi connectivity index (χ2v) is 4.88. The van der Waals surface area contributed by atoms with Crippen LogP contribution < -0.4 is 5.73 Å². The van der Waals surface area contributed by atoms with E-state index in [9.17, 15) is 0 Å². The lowest BCUT2D eigenvalue weighted by atomic mass is 10.2. The third-order valence-corrected chi connectivity index (χ3v) is 2.75. The molecule has 19 heavy (non-hydrogen) atoms. The van der Waals surface area contributed by atoms with Crippen molar-refractivity contribution >= 4 is 5.82 Å². The van der Waals surface area contributed by atoms with Crippen LogP contribution in [0, 0.1) is 5.92 Å². The molecule has 102 valence electrons. The normalized spacial score (nSPS) is 11.1. The van der Waals surface area contributed by atoms with Crippen LogP contribution in [0.15, 0.2) is 30.9 Å². The Morgan fingerprint density at radius 3 is 3.00 bits per heavy atom. The number of hydrogen-bond acceptors (Lipinski definition) is 4. The van der Waals surface area contributed by atoms with Gasteiger partial charge in [-0.15, -0.1) is 0 Å². The zero-order chi connectivity index (χ0) is 13.7. The van der Waals surface area contributed by atoms with Gasteiger partial charge >= 0.3 is 0 Å². The number of nitrogens with two attached hydrogens (primary N) is 1. The summed E-state index contributed by atoms with van der Waals surface area (Å²) in [6, 6.07) is 3.82. The number of nitrogen functional groups attached to an aromatic ring is 1. The molecule has 2 aromatic heterocycles. The van der Waals surface area contributed by atoms with Crippen molar-refractivity contribution in [3.05, 3.63) is 30.9 Å². The predicted molar refractivity (Wildman–Crippen MR) is 75.5 cm³/mol. The summed E-state index contributed by atoms with van der Waals surface area (Å²) in [6.07, 6.45) is 5.28. The van der Waals surface area contributed by atoms with Crippen LogP contribution in [0.4, 0.5) is 5.82 Å². The Bertz CT molecular complexity index is 522. The summed E-state index contributed by atoms with van der Waals surface area (Å²) in [5, 5.41) is 0. The number of nitrogens with zero attached hydrogens (tertiary/aromatic N) is 3. The van der Waals surface area contributed by atoms with E-state index in [1.807, 2.05) is 16.7 Å². The number of anilines is 1. The van der Waals surface area contributed by atoms with Crippen molar-refractivity contribution in [2.24, 2.45) is 5.92 Å². The van der Waals surface area contributed by atoms with Crippen LogP contribution in [0.5, 0.6) is 0 Å². The topological polar surface area (TPSA) is 66.0 Å². The molecule has 0 aromatic carbocycles. The van der Waals surface area contributed by atoms with Crippen molar-refractivity contribution in [3.8, 4) is 11.3 Å². The van der Waals surface area contributed by atoms with Crippen molar-refractivity contribution in [2.75, 3.05) is 18.9 Å². The Labute approximate surface area is 113 Å². The monoisotopic (exact) mass is 260 g/mol. The molecule has 2 aromatic rings. The standard InChI is InChI=1S/C14H20N4O/c1-11(2)9-19-7-6-18-10-16-8-13(18)12-4-3-5-17-14(12)15/h3-5,8,10-11H,6-7,9H2,1-2H3,(H2,15,17). The second-order valence-electron chi connectivity index (χ2n) is 4.88. The number of ether oxygens (including phenoxy) is 1. The van der Waals surface area contributed by atoms with Gasteiger partial charge in [-0.25, -0.2) is 9.97 Å². The first-order valence-electron chi connectivity index (χ1n) is 6.47. The molecule has 5 nitrogen and oxygen atoms in total. The molecule has 2 rings (SSSR count). The summed E-state index contributed by atoms with van der Waals surface area (Å²) in [4.78, 5) is 8.28. The van der Waals surface area contributed by atoms with Gasteiger partial charge in [0, 0.05) is 24.9 Å². The maximum Gasteiger partial charge on any atom is 0.132 e. The van der Waals surface area contributed by atoms with E-state index >= 15 is 0 Å². The molecule has 0 saturated heterocycles. The van der Waals surface area contributed by atoms with Gasteiger partial charge in [0.25, 0.3) is 0 Å². The molecule has 0 spiro atoms. The third kappa shape index (κ3) is 3.54. The first-order valence-corrected chi connectivity index (χ1v) is 6.47. The van der Waals surface area contributed by atoms with Gasteiger partial charge in [0.2, 0.25) is 0 Å². The van der Waals surface area contributed by atoms with E-state index in [1.165, 1.54) is 0 Å². The summed E-state index contributed by atoms with van der Waals surface area (Å²) in [5.41, 5.74) is 7.77. The minimum absolute atomic E-state index is 0.521. The van der Waals surface area contributed by atoms with Crippen LogP contribution in [0.25, 0.3) is 11.3 Å². The van der Waals surface area contributed by atoms with Gasteiger partial charge in [0.05, 0.1) is 24.8 Å². The molecule has 0 atom stereocenters. The Morgan fingerprint density at radius 1 is 1.42 bits per heavy atom. The Balaban J connectivity index is 2.04. The number of aromatic nitrogens is 3. The van der Waals surface area contributed by atoms with Gasteiger partial charge in [-0.2, -0.15) is 0 Å². The highest BCUT2D eigenvalue weighted by Crippen LogP contribution is 2.23. The summed E-state index contributed by atoms with van der Waals surface area (Å²) < 4.78 is 7.63. The van der Waals surface area contributed by atoms with Gasteiger partial charge in [-0.3, -0.25) is 0 Å². The average Bonchev–Trinajstić information content (AvgIpc) is 2.83. The van der Waals surface area contributed by atoms with Crippen LogP contribution in [-0.2, 0) is 11.3 Å². The van der Waals surface area contributed by atoms with Crippen LogP contribution in [-0.4, -0.2) is 27.7 Å². The molecule has 5 heteroatoms. The fraction of sp³-hybridized carbons (Fsp3) is 0.429. The Hall–Kier alpha value is -1.88. The lowest BCUT2D eigenvalue weighted by Gasteiger charge is -2.11. The number of rotatable bonds is 6. The van der Waals surface area contributed by atoms with E-state index in [-0.39, 0.29) is 0 Å². The van der Waals surface area contributed by atoms with Crippen molar-refractivity contribution in [2.45, 2.75) is 20.4 Å². The summed E-state index contributed by atoms with van der Waals surface area (Å²) in [7, 11) is 0. The van der Waals surface area contributed by atoms with Gasteiger partial charge < -0.3 is 15.0 Å². The third-order valence-electron chi connectivity index (χ3n) is 2.75. The van der Waals surface area contributed by atoms with Gasteiger partial charge in [0.1, 0.15) is 5.82 Å². The van der Waals surface area contributed by atoms with E-state index in [4.69, 9.17) is 10.5 Å². The number of hydrogen-bond donors (Lipinski definition) is 1. The lowest BCUT2D eigenvalue weighted by molar-refractivity contribution is 0.103. The minimum atomic E-state index is 0.521. The highest BCUT2D eigenvalue weighted by molar-refractivity contribution is 5.70. The fourth-order valence-corrected chi connectivity index (χ4v) is 1.84. The van der Waals surface area contributed by atoms with Crippen molar-refractivity contribution in [1.82, 2.24) is 14.5 Å². The summed E-state index contributed by atoms with van der Waals surface area (Å²) in [5.74, 6) is 1.07. The molecule has 2 N–H and O–H groups in total. The maximum atomic E-state index is 5.89. The molecular formula is C14H20N4O. The molecule has 0 aliphatic carbocycles. The average molecular weight is 260 g/mol. The largest absolute Gasteiger partial charge is 0.383 e. The molecule has 0 bridgehead atoms. The zero-order valence-corrected chi connectivity index (χ0v) is 11.4. The molecule has 0 aliphatic heterocycles. The zero-order valence-electron chi connectivity index (χ0n) is 11.4. The molecule has 0 radical (unpaired) electrons. The number of pyridine rings is 1. The minimum Gasteiger partial charge on any atom is -0.383 e. The SMILES string of the molecule is CC(C)COCCn1cncc1-c1cccnc1N. The Morgan fingerprint density at radius 2 is 2.26 bits per heavy atom. The van der Waals surface area contributed by atoms with E-state index in [1.54, 1.807) is 18.7 Å². The molecule has 0 amide bonds. The molecule has 0 fully saturated rings. The maximum absolute atomic E-state index is 5.89. The van der Waals surface area contributed by atoms with E-state index in [0.29, 0.717) is 18.3 Å².